The van der Waals surface area contributed by atoms with Crippen LogP contribution in [0, 0.1) is 0 Å². The van der Waals surface area contributed by atoms with E-state index in [0.717, 1.165) is 38.3 Å². The van der Waals surface area contributed by atoms with Crippen molar-refractivity contribution in [1.82, 2.24) is 9.80 Å². The lowest BCUT2D eigenvalue weighted by atomic mass is 10.1. The van der Waals surface area contributed by atoms with Crippen LogP contribution in [0.3, 0.4) is 0 Å². The van der Waals surface area contributed by atoms with Gasteiger partial charge in [-0.25, -0.2) is 0 Å². The van der Waals surface area contributed by atoms with Crippen molar-refractivity contribution in [2.24, 2.45) is 0 Å². The number of phenols is 1. The molecule has 0 saturated carbocycles. The Morgan fingerprint density at radius 2 is 1.55 bits per heavy atom. The summed E-state index contributed by atoms with van der Waals surface area (Å²) in [5, 5.41) is 9.31. The van der Waals surface area contributed by atoms with E-state index >= 15 is 0 Å². The first-order valence-electron chi connectivity index (χ1n) is 7.57. The van der Waals surface area contributed by atoms with Gasteiger partial charge in [-0.3, -0.25) is 9.69 Å². The Morgan fingerprint density at radius 3 is 2.18 bits per heavy atom. The molecular formula is C18H20N2O2. The van der Waals surface area contributed by atoms with Crippen molar-refractivity contribution in [3.05, 3.63) is 65.7 Å². The number of nitrogens with zero attached hydrogens (tertiary/aromatic N) is 2. The van der Waals surface area contributed by atoms with Crippen LogP contribution in [0.2, 0.25) is 0 Å². The molecule has 2 aromatic carbocycles. The fraction of sp³-hybridized carbons (Fsp3) is 0.278. The van der Waals surface area contributed by atoms with Crippen LogP contribution < -0.4 is 0 Å². The predicted molar refractivity (Wildman–Crippen MR) is 85.7 cm³/mol. The Balaban J connectivity index is 1.54. The lowest BCUT2D eigenvalue weighted by Crippen LogP contribution is -2.48. The van der Waals surface area contributed by atoms with E-state index in [9.17, 15) is 9.90 Å². The zero-order chi connectivity index (χ0) is 15.4. The van der Waals surface area contributed by atoms with E-state index in [4.69, 9.17) is 0 Å². The van der Waals surface area contributed by atoms with Crippen molar-refractivity contribution >= 4 is 5.91 Å². The molecule has 4 nitrogen and oxygen atoms in total. The summed E-state index contributed by atoms with van der Waals surface area (Å²) in [5.74, 6) is 0.409. The van der Waals surface area contributed by atoms with Crippen molar-refractivity contribution in [2.45, 2.75) is 6.54 Å². The van der Waals surface area contributed by atoms with E-state index in [-0.39, 0.29) is 5.91 Å². The van der Waals surface area contributed by atoms with Gasteiger partial charge in [0.05, 0.1) is 0 Å². The Hall–Kier alpha value is -2.33. The average molecular weight is 296 g/mol. The molecule has 114 valence electrons. The van der Waals surface area contributed by atoms with Crippen LogP contribution in [0.4, 0.5) is 0 Å². The number of carbonyl (C=O) groups excluding carboxylic acids is 1. The molecule has 3 rings (SSSR count). The fourth-order valence-corrected chi connectivity index (χ4v) is 2.73. The van der Waals surface area contributed by atoms with E-state index in [0.29, 0.717) is 5.75 Å². The second-order valence-electron chi connectivity index (χ2n) is 5.60. The van der Waals surface area contributed by atoms with Crippen LogP contribution in [0.1, 0.15) is 15.9 Å². The highest BCUT2D eigenvalue weighted by atomic mass is 16.3. The molecule has 1 N–H and O–H groups in total. The lowest BCUT2D eigenvalue weighted by molar-refractivity contribution is 0.0628. The lowest BCUT2D eigenvalue weighted by Gasteiger charge is -2.34. The van der Waals surface area contributed by atoms with Crippen LogP contribution in [-0.4, -0.2) is 47.0 Å². The second-order valence-corrected chi connectivity index (χ2v) is 5.60. The molecule has 22 heavy (non-hydrogen) atoms. The average Bonchev–Trinajstić information content (AvgIpc) is 2.58. The van der Waals surface area contributed by atoms with Gasteiger partial charge in [-0.15, -0.1) is 0 Å². The van der Waals surface area contributed by atoms with Crippen LogP contribution in [-0.2, 0) is 6.54 Å². The van der Waals surface area contributed by atoms with E-state index in [1.54, 1.807) is 12.1 Å². The first kappa shape index (κ1) is 14.6. The number of phenolic OH excluding ortho intramolecular Hbond substituents is 1. The highest BCUT2D eigenvalue weighted by molar-refractivity contribution is 5.94. The van der Waals surface area contributed by atoms with Gasteiger partial charge in [0.15, 0.2) is 0 Å². The van der Waals surface area contributed by atoms with Gasteiger partial charge >= 0.3 is 0 Å². The van der Waals surface area contributed by atoms with Gasteiger partial charge in [0.25, 0.3) is 5.91 Å². The van der Waals surface area contributed by atoms with Crippen LogP contribution in [0.15, 0.2) is 54.6 Å². The van der Waals surface area contributed by atoms with Gasteiger partial charge in [-0.05, 0) is 29.8 Å². The standard InChI is InChI=1S/C18H20N2O2/c21-17-8-6-15(7-9-17)14-19-10-12-20(13-11-19)18(22)16-4-2-1-3-5-16/h1-9,21H,10-14H2. The minimum Gasteiger partial charge on any atom is -0.508 e. The molecule has 0 radical (unpaired) electrons. The Labute approximate surface area is 130 Å². The van der Waals surface area contributed by atoms with Crippen molar-refractivity contribution in [2.75, 3.05) is 26.2 Å². The molecule has 0 aromatic heterocycles. The third-order valence-electron chi connectivity index (χ3n) is 4.02. The minimum absolute atomic E-state index is 0.116. The van der Waals surface area contributed by atoms with Crippen molar-refractivity contribution < 1.29 is 9.90 Å². The summed E-state index contributed by atoms with van der Waals surface area (Å²) in [4.78, 5) is 16.6. The SMILES string of the molecule is O=C(c1ccccc1)N1CCN(Cc2ccc(O)cc2)CC1. The van der Waals surface area contributed by atoms with Gasteiger partial charge < -0.3 is 10.0 Å². The van der Waals surface area contributed by atoms with Crippen LogP contribution >= 0.6 is 0 Å². The minimum atomic E-state index is 0.116. The highest BCUT2D eigenvalue weighted by Crippen LogP contribution is 2.14. The number of benzene rings is 2. The maximum Gasteiger partial charge on any atom is 0.253 e. The van der Waals surface area contributed by atoms with E-state index in [1.165, 1.54) is 5.56 Å². The topological polar surface area (TPSA) is 43.8 Å². The molecule has 2 aromatic rings. The normalized spacial score (nSPS) is 15.7. The third-order valence-corrected chi connectivity index (χ3v) is 4.02. The summed E-state index contributed by atoms with van der Waals surface area (Å²) >= 11 is 0. The van der Waals surface area contributed by atoms with Gasteiger partial charge in [0.1, 0.15) is 5.75 Å². The molecule has 0 unspecified atom stereocenters. The summed E-state index contributed by atoms with van der Waals surface area (Å²) in [7, 11) is 0. The van der Waals surface area contributed by atoms with Crippen LogP contribution in [0.5, 0.6) is 5.75 Å². The Kier molecular flexibility index (Phi) is 4.39. The summed E-state index contributed by atoms with van der Waals surface area (Å²) in [5.41, 5.74) is 1.94. The number of aromatic hydroxyl groups is 1. The molecule has 1 amide bonds. The number of hydrogen-bond acceptors (Lipinski definition) is 3. The van der Waals surface area contributed by atoms with Crippen molar-refractivity contribution in [1.29, 1.82) is 0 Å². The zero-order valence-corrected chi connectivity index (χ0v) is 12.5. The fourth-order valence-electron chi connectivity index (χ4n) is 2.73. The largest absolute Gasteiger partial charge is 0.508 e. The molecule has 0 aliphatic carbocycles. The van der Waals surface area contributed by atoms with E-state index in [1.807, 2.05) is 47.4 Å². The monoisotopic (exact) mass is 296 g/mol. The smallest absolute Gasteiger partial charge is 0.253 e. The van der Waals surface area contributed by atoms with Gasteiger partial charge in [-0.2, -0.15) is 0 Å². The number of rotatable bonds is 3. The molecule has 4 heteroatoms. The number of amides is 1. The highest BCUT2D eigenvalue weighted by Gasteiger charge is 2.21. The molecular weight excluding hydrogens is 276 g/mol. The number of carbonyl (C=O) groups is 1. The molecule has 1 fully saturated rings. The maximum absolute atomic E-state index is 12.4. The summed E-state index contributed by atoms with van der Waals surface area (Å²) in [6.07, 6.45) is 0. The van der Waals surface area contributed by atoms with E-state index in [2.05, 4.69) is 4.90 Å². The Morgan fingerprint density at radius 1 is 0.909 bits per heavy atom. The quantitative estimate of drug-likeness (QED) is 0.945. The first-order valence-corrected chi connectivity index (χ1v) is 7.57. The predicted octanol–water partition coefficient (Wildman–Crippen LogP) is 2.35. The number of piperazine rings is 1. The number of hydrogen-bond donors (Lipinski definition) is 1. The van der Waals surface area contributed by atoms with Crippen LogP contribution in [0.25, 0.3) is 0 Å². The molecule has 0 bridgehead atoms. The van der Waals surface area contributed by atoms with Crippen molar-refractivity contribution in [3.8, 4) is 5.75 Å². The van der Waals surface area contributed by atoms with Gasteiger partial charge in [-0.1, -0.05) is 30.3 Å². The maximum atomic E-state index is 12.4. The molecule has 1 heterocycles. The Bertz CT molecular complexity index is 617. The summed E-state index contributed by atoms with van der Waals surface area (Å²) in [6.45, 7) is 4.12. The summed E-state index contributed by atoms with van der Waals surface area (Å²) < 4.78 is 0. The third kappa shape index (κ3) is 3.46. The van der Waals surface area contributed by atoms with Gasteiger partial charge in [0, 0.05) is 38.3 Å². The van der Waals surface area contributed by atoms with Gasteiger partial charge in [0.2, 0.25) is 0 Å². The second kappa shape index (κ2) is 6.62. The first-order chi connectivity index (χ1) is 10.7. The molecule has 1 aliphatic heterocycles. The summed E-state index contributed by atoms with van der Waals surface area (Å²) in [6, 6.07) is 16.8. The molecule has 1 saturated heterocycles. The van der Waals surface area contributed by atoms with Crippen molar-refractivity contribution in [3.63, 3.8) is 0 Å². The molecule has 0 atom stereocenters. The molecule has 1 aliphatic rings. The zero-order valence-electron chi connectivity index (χ0n) is 12.5. The van der Waals surface area contributed by atoms with E-state index < -0.39 is 0 Å². The molecule has 0 spiro atoms.